The van der Waals surface area contributed by atoms with E-state index < -0.39 is 5.97 Å². The minimum atomic E-state index is -0.706. The van der Waals surface area contributed by atoms with Crippen molar-refractivity contribution in [2.75, 3.05) is 0 Å². The van der Waals surface area contributed by atoms with Gasteiger partial charge in [-0.3, -0.25) is 4.79 Å². The van der Waals surface area contributed by atoms with Crippen LogP contribution in [0.3, 0.4) is 0 Å². The third kappa shape index (κ3) is 8.14. The van der Waals surface area contributed by atoms with Crippen molar-refractivity contribution in [1.82, 2.24) is 0 Å². The summed E-state index contributed by atoms with van der Waals surface area (Å²) < 4.78 is 12.7. The lowest BCUT2D eigenvalue weighted by molar-refractivity contribution is -0.137. The van der Waals surface area contributed by atoms with Crippen molar-refractivity contribution < 1.29 is 14.3 Å². The molecule has 0 bridgehead atoms. The first-order valence-electron chi connectivity index (χ1n) is 6.82. The molecular formula is C16H21FO2. The number of hydrogen-bond donors (Lipinski definition) is 1. The summed E-state index contributed by atoms with van der Waals surface area (Å²) in [5.74, 6) is -0.916. The number of benzene rings is 1. The zero-order chi connectivity index (χ0) is 13.9. The summed E-state index contributed by atoms with van der Waals surface area (Å²) in [7, 11) is 0. The Morgan fingerprint density at radius 1 is 1.05 bits per heavy atom. The van der Waals surface area contributed by atoms with Gasteiger partial charge in [-0.25, -0.2) is 4.39 Å². The van der Waals surface area contributed by atoms with Gasteiger partial charge < -0.3 is 5.11 Å². The number of carboxylic acids is 1. The van der Waals surface area contributed by atoms with Gasteiger partial charge in [-0.05, 0) is 37.0 Å². The van der Waals surface area contributed by atoms with E-state index in [1.165, 1.54) is 12.1 Å². The molecule has 0 atom stereocenters. The fourth-order valence-electron chi connectivity index (χ4n) is 1.86. The van der Waals surface area contributed by atoms with Crippen LogP contribution in [0.4, 0.5) is 4.39 Å². The quantitative estimate of drug-likeness (QED) is 0.659. The molecule has 0 saturated heterocycles. The molecule has 104 valence electrons. The lowest BCUT2D eigenvalue weighted by atomic mass is 10.1. The van der Waals surface area contributed by atoms with Gasteiger partial charge in [0.1, 0.15) is 5.82 Å². The molecule has 0 aliphatic rings. The Labute approximate surface area is 114 Å². The highest BCUT2D eigenvalue weighted by Crippen LogP contribution is 2.09. The molecule has 0 aliphatic heterocycles. The molecule has 0 unspecified atom stereocenters. The Balaban J connectivity index is 2.01. The molecule has 2 nitrogen and oxygen atoms in total. The van der Waals surface area contributed by atoms with E-state index in [0.717, 1.165) is 44.1 Å². The van der Waals surface area contributed by atoms with Gasteiger partial charge in [0, 0.05) is 6.42 Å². The van der Waals surface area contributed by atoms with Crippen molar-refractivity contribution in [2.45, 2.75) is 44.9 Å². The Morgan fingerprint density at radius 3 is 2.37 bits per heavy atom. The van der Waals surface area contributed by atoms with Crippen LogP contribution in [-0.2, 0) is 4.79 Å². The van der Waals surface area contributed by atoms with E-state index in [1.54, 1.807) is 12.1 Å². The fraction of sp³-hybridized carbons (Fsp3) is 0.438. The minimum absolute atomic E-state index is 0.210. The van der Waals surface area contributed by atoms with Crippen LogP contribution in [0.1, 0.15) is 50.5 Å². The van der Waals surface area contributed by atoms with Crippen LogP contribution in [0.15, 0.2) is 30.3 Å². The number of halogens is 1. The van der Waals surface area contributed by atoms with Crippen molar-refractivity contribution in [1.29, 1.82) is 0 Å². The van der Waals surface area contributed by atoms with Gasteiger partial charge in [0.25, 0.3) is 0 Å². The number of carbonyl (C=O) groups is 1. The Kier molecular flexibility index (Phi) is 7.56. The van der Waals surface area contributed by atoms with Crippen LogP contribution >= 0.6 is 0 Å². The van der Waals surface area contributed by atoms with Crippen LogP contribution in [-0.4, -0.2) is 11.1 Å². The zero-order valence-electron chi connectivity index (χ0n) is 11.1. The van der Waals surface area contributed by atoms with E-state index in [2.05, 4.69) is 6.08 Å². The fourth-order valence-corrected chi connectivity index (χ4v) is 1.86. The molecule has 0 aliphatic carbocycles. The Hall–Kier alpha value is -1.64. The average Bonchev–Trinajstić information content (AvgIpc) is 2.38. The zero-order valence-corrected chi connectivity index (χ0v) is 11.1. The third-order valence-electron chi connectivity index (χ3n) is 2.94. The Bertz CT molecular complexity index is 396. The van der Waals surface area contributed by atoms with Gasteiger partial charge in [0.05, 0.1) is 0 Å². The molecule has 0 saturated carbocycles. The number of hydrogen-bond acceptors (Lipinski definition) is 1. The van der Waals surface area contributed by atoms with Crippen molar-refractivity contribution in [3.63, 3.8) is 0 Å². The molecule has 1 rings (SSSR count). The van der Waals surface area contributed by atoms with Crippen molar-refractivity contribution >= 4 is 12.0 Å². The first kappa shape index (κ1) is 15.4. The molecule has 1 N–H and O–H groups in total. The maximum atomic E-state index is 12.7. The Morgan fingerprint density at radius 2 is 1.68 bits per heavy atom. The van der Waals surface area contributed by atoms with Crippen molar-refractivity contribution in [3.05, 3.63) is 41.7 Å². The highest BCUT2D eigenvalue weighted by molar-refractivity contribution is 5.66. The molecule has 3 heteroatoms. The first-order chi connectivity index (χ1) is 9.18. The normalized spacial score (nSPS) is 11.0. The predicted molar refractivity (Wildman–Crippen MR) is 75.4 cm³/mol. The molecule has 0 aromatic heterocycles. The van der Waals surface area contributed by atoms with E-state index in [1.807, 2.05) is 6.08 Å². The second kappa shape index (κ2) is 9.31. The van der Waals surface area contributed by atoms with E-state index in [-0.39, 0.29) is 12.2 Å². The van der Waals surface area contributed by atoms with Crippen molar-refractivity contribution in [3.8, 4) is 0 Å². The van der Waals surface area contributed by atoms with Crippen molar-refractivity contribution in [2.24, 2.45) is 0 Å². The van der Waals surface area contributed by atoms with Gasteiger partial charge in [-0.2, -0.15) is 0 Å². The number of rotatable bonds is 9. The van der Waals surface area contributed by atoms with Gasteiger partial charge in [-0.15, -0.1) is 0 Å². The van der Waals surface area contributed by atoms with Gasteiger partial charge in [0.15, 0.2) is 0 Å². The van der Waals surface area contributed by atoms with Crippen LogP contribution in [0.5, 0.6) is 0 Å². The monoisotopic (exact) mass is 264 g/mol. The molecular weight excluding hydrogens is 243 g/mol. The molecule has 0 amide bonds. The molecule has 0 spiro atoms. The lowest BCUT2D eigenvalue weighted by Crippen LogP contribution is -1.93. The molecule has 1 aromatic rings. The smallest absolute Gasteiger partial charge is 0.303 e. The minimum Gasteiger partial charge on any atom is -0.481 e. The van der Waals surface area contributed by atoms with E-state index in [0.29, 0.717) is 0 Å². The van der Waals surface area contributed by atoms with Gasteiger partial charge in [0.2, 0.25) is 0 Å². The number of aliphatic carboxylic acids is 1. The topological polar surface area (TPSA) is 37.3 Å². The maximum absolute atomic E-state index is 12.7. The average molecular weight is 264 g/mol. The summed E-state index contributed by atoms with van der Waals surface area (Å²) in [6.45, 7) is 0. The summed E-state index contributed by atoms with van der Waals surface area (Å²) in [5, 5.41) is 8.48. The lowest BCUT2D eigenvalue weighted by Gasteiger charge is -1.98. The first-order valence-corrected chi connectivity index (χ1v) is 6.82. The molecule has 1 aromatic carbocycles. The maximum Gasteiger partial charge on any atom is 0.303 e. The molecule has 0 heterocycles. The summed E-state index contributed by atoms with van der Waals surface area (Å²) in [5.41, 5.74) is 1.02. The largest absolute Gasteiger partial charge is 0.481 e. The van der Waals surface area contributed by atoms with Crippen LogP contribution < -0.4 is 0 Å². The second-order valence-electron chi connectivity index (χ2n) is 4.65. The number of allylic oxidation sites excluding steroid dienone is 1. The molecule has 0 fully saturated rings. The standard InChI is InChI=1S/C16H21FO2/c17-15-12-10-14(11-13-15)8-6-4-2-1-3-5-7-9-16(18)19/h6,8,10-13H,1-5,7,9H2,(H,18,19). The second-order valence-corrected chi connectivity index (χ2v) is 4.65. The van der Waals surface area contributed by atoms with Gasteiger partial charge in [-0.1, -0.05) is 43.5 Å². The number of carboxylic acid groups (broad SMARTS) is 1. The van der Waals surface area contributed by atoms with Crippen LogP contribution in [0.2, 0.25) is 0 Å². The SMILES string of the molecule is O=C(O)CCCCCCCC=Cc1ccc(F)cc1. The summed E-state index contributed by atoms with van der Waals surface area (Å²) >= 11 is 0. The number of unbranched alkanes of at least 4 members (excludes halogenated alkanes) is 5. The highest BCUT2D eigenvalue weighted by Gasteiger charge is 1.95. The summed E-state index contributed by atoms with van der Waals surface area (Å²) in [6.07, 6.45) is 10.5. The van der Waals surface area contributed by atoms with Crippen LogP contribution in [0, 0.1) is 5.82 Å². The van der Waals surface area contributed by atoms with E-state index in [4.69, 9.17) is 5.11 Å². The predicted octanol–water partition coefficient (Wildman–Crippen LogP) is 4.65. The van der Waals surface area contributed by atoms with Gasteiger partial charge >= 0.3 is 5.97 Å². The molecule has 0 radical (unpaired) electrons. The third-order valence-corrected chi connectivity index (χ3v) is 2.94. The van der Waals surface area contributed by atoms with E-state index in [9.17, 15) is 9.18 Å². The summed E-state index contributed by atoms with van der Waals surface area (Å²) in [4.78, 5) is 10.3. The molecule has 19 heavy (non-hydrogen) atoms. The van der Waals surface area contributed by atoms with E-state index >= 15 is 0 Å². The van der Waals surface area contributed by atoms with Crippen LogP contribution in [0.25, 0.3) is 6.08 Å². The highest BCUT2D eigenvalue weighted by atomic mass is 19.1. The summed E-state index contributed by atoms with van der Waals surface area (Å²) in [6, 6.07) is 6.44.